The predicted octanol–water partition coefficient (Wildman–Crippen LogP) is 4.60. The molecule has 3 rings (SSSR count). The second-order valence-corrected chi connectivity index (χ2v) is 8.40. The summed E-state index contributed by atoms with van der Waals surface area (Å²) >= 11 is 16.2. The summed E-state index contributed by atoms with van der Waals surface area (Å²) in [6.07, 6.45) is -0.0341. The van der Waals surface area contributed by atoms with Gasteiger partial charge in [0, 0.05) is 32.6 Å². The van der Waals surface area contributed by atoms with E-state index in [4.69, 9.17) is 28.9 Å². The standard InChI is InChI=1S/C24H21Cl2N3O3S/c25-16-6-8-19(26)15(10-16)11-22(30)29-21-9-7-17(28-24(32)20(27)13-33)12-18(21)23(31)14-4-2-1-3-5-14/h1-10,12,20,33H,11,13,27H2,(H,28,32)(H,29,30)/t20-/m0/s1. The maximum atomic E-state index is 13.2. The molecule has 0 bridgehead atoms. The average Bonchev–Trinajstić information content (AvgIpc) is 2.81. The first kappa shape index (κ1) is 24.8. The van der Waals surface area contributed by atoms with Gasteiger partial charge in [0.25, 0.3) is 0 Å². The van der Waals surface area contributed by atoms with E-state index in [9.17, 15) is 14.4 Å². The second-order valence-electron chi connectivity index (χ2n) is 7.19. The van der Waals surface area contributed by atoms with Gasteiger partial charge >= 0.3 is 0 Å². The number of halogens is 2. The highest BCUT2D eigenvalue weighted by Crippen LogP contribution is 2.26. The van der Waals surface area contributed by atoms with E-state index in [0.29, 0.717) is 32.5 Å². The van der Waals surface area contributed by atoms with Crippen LogP contribution in [0.4, 0.5) is 11.4 Å². The highest BCUT2D eigenvalue weighted by molar-refractivity contribution is 7.80. The lowest BCUT2D eigenvalue weighted by atomic mass is 10.0. The number of carbonyl (C=O) groups is 3. The first-order valence-corrected chi connectivity index (χ1v) is 11.3. The molecule has 9 heteroatoms. The Labute approximate surface area is 206 Å². The SMILES string of the molecule is N[C@@H](CS)C(=O)Nc1ccc(NC(=O)Cc2cc(Cl)ccc2Cl)c(C(=O)c2ccccc2)c1. The fourth-order valence-electron chi connectivity index (χ4n) is 3.03. The molecule has 0 radical (unpaired) electrons. The predicted molar refractivity (Wildman–Crippen MR) is 136 cm³/mol. The number of carbonyl (C=O) groups excluding carboxylic acids is 3. The minimum atomic E-state index is -0.802. The maximum Gasteiger partial charge on any atom is 0.242 e. The molecule has 4 N–H and O–H groups in total. The van der Waals surface area contributed by atoms with Crippen LogP contribution in [0.1, 0.15) is 21.5 Å². The Balaban J connectivity index is 1.90. The van der Waals surface area contributed by atoms with E-state index in [1.807, 2.05) is 0 Å². The van der Waals surface area contributed by atoms with Crippen molar-refractivity contribution in [3.8, 4) is 0 Å². The molecule has 6 nitrogen and oxygen atoms in total. The zero-order chi connectivity index (χ0) is 24.0. The Kier molecular flexibility index (Phi) is 8.52. The van der Waals surface area contributed by atoms with Gasteiger partial charge in [-0.15, -0.1) is 0 Å². The summed E-state index contributed by atoms with van der Waals surface area (Å²) < 4.78 is 0. The summed E-state index contributed by atoms with van der Waals surface area (Å²) in [5.74, 6) is -0.964. The van der Waals surface area contributed by atoms with E-state index in [2.05, 4.69) is 23.3 Å². The molecular formula is C24H21Cl2N3O3S. The summed E-state index contributed by atoms with van der Waals surface area (Å²) in [6.45, 7) is 0. The summed E-state index contributed by atoms with van der Waals surface area (Å²) in [5, 5.41) is 6.29. The molecule has 0 aliphatic heterocycles. The highest BCUT2D eigenvalue weighted by atomic mass is 35.5. The minimum Gasteiger partial charge on any atom is -0.325 e. The molecule has 0 aliphatic carbocycles. The van der Waals surface area contributed by atoms with E-state index in [0.717, 1.165) is 0 Å². The van der Waals surface area contributed by atoms with Crippen LogP contribution in [-0.2, 0) is 16.0 Å². The van der Waals surface area contributed by atoms with Crippen LogP contribution >= 0.6 is 35.8 Å². The lowest BCUT2D eigenvalue weighted by molar-refractivity contribution is -0.117. The lowest BCUT2D eigenvalue weighted by Gasteiger charge is -2.15. The Bertz CT molecular complexity index is 1190. The molecule has 3 aromatic carbocycles. The van der Waals surface area contributed by atoms with Crippen molar-refractivity contribution >= 4 is 64.8 Å². The van der Waals surface area contributed by atoms with Crippen LogP contribution in [0.5, 0.6) is 0 Å². The van der Waals surface area contributed by atoms with Crippen molar-refractivity contribution in [1.29, 1.82) is 0 Å². The van der Waals surface area contributed by atoms with Crippen molar-refractivity contribution in [2.75, 3.05) is 16.4 Å². The third kappa shape index (κ3) is 6.58. The van der Waals surface area contributed by atoms with Gasteiger partial charge in [0.2, 0.25) is 11.8 Å². The molecule has 0 aromatic heterocycles. The van der Waals surface area contributed by atoms with Gasteiger partial charge in [0.1, 0.15) is 0 Å². The van der Waals surface area contributed by atoms with Gasteiger partial charge in [0.15, 0.2) is 5.78 Å². The third-order valence-electron chi connectivity index (χ3n) is 4.73. The summed E-state index contributed by atoms with van der Waals surface area (Å²) in [7, 11) is 0. The van der Waals surface area contributed by atoms with E-state index >= 15 is 0 Å². The molecule has 0 aliphatic rings. The van der Waals surface area contributed by atoms with Gasteiger partial charge in [-0.2, -0.15) is 12.6 Å². The number of nitrogens with one attached hydrogen (secondary N) is 2. The van der Waals surface area contributed by atoms with Gasteiger partial charge < -0.3 is 16.4 Å². The molecule has 0 heterocycles. The zero-order valence-electron chi connectivity index (χ0n) is 17.3. The van der Waals surface area contributed by atoms with E-state index in [1.165, 1.54) is 6.07 Å². The largest absolute Gasteiger partial charge is 0.325 e. The molecule has 33 heavy (non-hydrogen) atoms. The van der Waals surface area contributed by atoms with Gasteiger partial charge in [0.05, 0.1) is 18.2 Å². The summed E-state index contributed by atoms with van der Waals surface area (Å²) in [6, 6.07) is 17.3. The molecule has 3 aromatic rings. The van der Waals surface area contributed by atoms with Gasteiger partial charge in [-0.1, -0.05) is 53.5 Å². The number of thiol groups is 1. The Morgan fingerprint density at radius 2 is 1.67 bits per heavy atom. The normalized spacial score (nSPS) is 11.5. The van der Waals surface area contributed by atoms with Crippen molar-refractivity contribution in [1.82, 2.24) is 0 Å². The number of hydrogen-bond donors (Lipinski definition) is 4. The maximum absolute atomic E-state index is 13.2. The number of amides is 2. The molecule has 1 atom stereocenters. The quantitative estimate of drug-likeness (QED) is 0.267. The van der Waals surface area contributed by atoms with Crippen molar-refractivity contribution in [3.63, 3.8) is 0 Å². The molecule has 170 valence electrons. The second kappa shape index (κ2) is 11.3. The van der Waals surface area contributed by atoms with Crippen molar-refractivity contribution < 1.29 is 14.4 Å². The topological polar surface area (TPSA) is 101 Å². The van der Waals surface area contributed by atoms with Crippen LogP contribution in [-0.4, -0.2) is 29.4 Å². The fourth-order valence-corrected chi connectivity index (χ4v) is 3.57. The number of rotatable bonds is 8. The smallest absolute Gasteiger partial charge is 0.242 e. The van der Waals surface area contributed by atoms with E-state index in [-0.39, 0.29) is 29.4 Å². The van der Waals surface area contributed by atoms with E-state index in [1.54, 1.807) is 60.7 Å². The lowest BCUT2D eigenvalue weighted by Crippen LogP contribution is -2.37. The molecule has 0 unspecified atom stereocenters. The Morgan fingerprint density at radius 1 is 0.939 bits per heavy atom. The van der Waals surface area contributed by atoms with Crippen molar-refractivity contribution in [2.24, 2.45) is 5.73 Å². The summed E-state index contributed by atoms with van der Waals surface area (Å²) in [5.41, 5.74) is 7.58. The molecule has 0 spiro atoms. The van der Waals surface area contributed by atoms with Crippen LogP contribution in [0, 0.1) is 0 Å². The molecule has 0 fully saturated rings. The van der Waals surface area contributed by atoms with Crippen LogP contribution in [0.25, 0.3) is 0 Å². The minimum absolute atomic E-state index is 0.0341. The fraction of sp³-hybridized carbons (Fsp3) is 0.125. The van der Waals surface area contributed by atoms with Crippen LogP contribution < -0.4 is 16.4 Å². The number of nitrogens with two attached hydrogens (primary N) is 1. The first-order valence-electron chi connectivity index (χ1n) is 9.93. The zero-order valence-corrected chi connectivity index (χ0v) is 19.8. The van der Waals surface area contributed by atoms with E-state index < -0.39 is 11.9 Å². The average molecular weight is 502 g/mol. The number of benzene rings is 3. The molecule has 0 saturated heterocycles. The Hall–Kier alpha value is -2.84. The van der Waals surface area contributed by atoms with Crippen molar-refractivity contribution in [2.45, 2.75) is 12.5 Å². The van der Waals surface area contributed by atoms with Crippen molar-refractivity contribution in [3.05, 3.63) is 93.5 Å². The summed E-state index contributed by atoms with van der Waals surface area (Å²) in [4.78, 5) is 38.1. The third-order valence-corrected chi connectivity index (χ3v) is 5.73. The number of ketones is 1. The Morgan fingerprint density at radius 3 is 2.36 bits per heavy atom. The molecular weight excluding hydrogens is 481 g/mol. The van der Waals surface area contributed by atoms with Crippen LogP contribution in [0.15, 0.2) is 66.7 Å². The van der Waals surface area contributed by atoms with Gasteiger partial charge in [-0.3, -0.25) is 14.4 Å². The van der Waals surface area contributed by atoms with Gasteiger partial charge in [-0.05, 0) is 42.0 Å². The molecule has 2 amide bonds. The number of hydrogen-bond acceptors (Lipinski definition) is 5. The first-order chi connectivity index (χ1) is 15.8. The highest BCUT2D eigenvalue weighted by Gasteiger charge is 2.19. The van der Waals surface area contributed by atoms with Crippen LogP contribution in [0.3, 0.4) is 0 Å². The van der Waals surface area contributed by atoms with Crippen LogP contribution in [0.2, 0.25) is 10.0 Å². The monoisotopic (exact) mass is 501 g/mol. The van der Waals surface area contributed by atoms with Gasteiger partial charge in [-0.25, -0.2) is 0 Å². The molecule has 0 saturated carbocycles. The number of anilines is 2.